The van der Waals surface area contributed by atoms with Gasteiger partial charge in [0.2, 0.25) is 0 Å². The van der Waals surface area contributed by atoms with Gasteiger partial charge in [0.25, 0.3) is 6.47 Å². The van der Waals surface area contributed by atoms with Crippen LogP contribution in [0, 0.1) is 0 Å². The molecule has 0 spiro atoms. The quantitative estimate of drug-likeness (QED) is 0.613. The van der Waals surface area contributed by atoms with Crippen LogP contribution in [0.3, 0.4) is 0 Å². The second-order valence-electron chi connectivity index (χ2n) is 1.35. The monoisotopic (exact) mass is 388 g/mol. The molecule has 0 bridgehead atoms. The third kappa shape index (κ3) is 45.1. The van der Waals surface area contributed by atoms with E-state index in [1.54, 1.807) is 19.2 Å². The van der Waals surface area contributed by atoms with E-state index in [0.29, 0.717) is 0 Å². The summed E-state index contributed by atoms with van der Waals surface area (Å²) >= 11 is 1.78. The van der Waals surface area contributed by atoms with E-state index in [9.17, 15) is 0 Å². The Morgan fingerprint density at radius 2 is 1.53 bits per heavy atom. The molecule has 6 heteroatoms. The van der Waals surface area contributed by atoms with E-state index in [1.165, 1.54) is 10.5 Å². The zero-order valence-electron chi connectivity index (χ0n) is 8.10. The van der Waals surface area contributed by atoms with Crippen molar-refractivity contribution in [1.82, 2.24) is 0 Å². The van der Waals surface area contributed by atoms with Gasteiger partial charge in [-0.15, -0.1) is 0 Å². The minimum atomic E-state index is -0.250. The molecule has 0 unspecified atom stereocenters. The standard InChI is InChI=1S/C5H5.CH2O2.3CH2O.Re/c1-2-4-5-3-1;2-1-3;3*1-2;/h1-3H,4H2;1H,(H,2,3);3*1H2;. The van der Waals surface area contributed by atoms with Crippen molar-refractivity contribution in [1.29, 1.82) is 0 Å². The van der Waals surface area contributed by atoms with Gasteiger partial charge in [-0.1, -0.05) is 0 Å². The van der Waals surface area contributed by atoms with Gasteiger partial charge in [0, 0.05) is 0 Å². The number of rotatable bonds is 0. The molecule has 0 heterocycles. The van der Waals surface area contributed by atoms with Gasteiger partial charge < -0.3 is 19.5 Å². The molecular formula is C9H13O5Re. The second-order valence-corrected chi connectivity index (χ2v) is 3.10. The molecule has 0 aromatic rings. The number of carboxylic acid groups (broad SMARTS) is 1. The maximum absolute atomic E-state index is 8.36. The first-order valence-corrected chi connectivity index (χ1v) is 4.62. The number of carbonyl (C=O) groups is 4. The van der Waals surface area contributed by atoms with Crippen LogP contribution in [0.25, 0.3) is 0 Å². The summed E-state index contributed by atoms with van der Waals surface area (Å²) < 4.78 is 1.52. The first-order valence-electron chi connectivity index (χ1n) is 3.27. The van der Waals surface area contributed by atoms with Crippen molar-refractivity contribution in [2.45, 2.75) is 6.42 Å². The zero-order chi connectivity index (χ0) is 13.1. The van der Waals surface area contributed by atoms with Crippen LogP contribution in [0.2, 0.25) is 0 Å². The molecule has 86 valence electrons. The Hall–Kier alpha value is -1.38. The normalized spacial score (nSPS) is 9.00. The van der Waals surface area contributed by atoms with E-state index < -0.39 is 0 Å². The van der Waals surface area contributed by atoms with E-state index in [4.69, 9.17) is 24.3 Å². The van der Waals surface area contributed by atoms with Crippen LogP contribution in [-0.2, 0) is 38.4 Å². The van der Waals surface area contributed by atoms with Crippen LogP contribution in [0.5, 0.6) is 0 Å². The molecule has 1 N–H and O–H groups in total. The van der Waals surface area contributed by atoms with Crippen molar-refractivity contribution >= 4 is 26.8 Å². The van der Waals surface area contributed by atoms with Crippen molar-refractivity contribution in [3.8, 4) is 0 Å². The summed E-state index contributed by atoms with van der Waals surface area (Å²) in [6.45, 7) is 5.75. The van der Waals surface area contributed by atoms with Gasteiger partial charge in [-0.2, -0.15) is 0 Å². The molecule has 0 aromatic heterocycles. The molecular weight excluding hydrogens is 374 g/mol. The third-order valence-electron chi connectivity index (χ3n) is 0.726. The number of hydrogen-bond donors (Lipinski definition) is 1. The fourth-order valence-corrected chi connectivity index (χ4v) is 1.00. The summed E-state index contributed by atoms with van der Waals surface area (Å²) in [7, 11) is 0. The van der Waals surface area contributed by atoms with Crippen molar-refractivity contribution in [2.24, 2.45) is 0 Å². The average Bonchev–Trinajstić information content (AvgIpc) is 2.79. The fourth-order valence-electron chi connectivity index (χ4n) is 0.421. The summed E-state index contributed by atoms with van der Waals surface area (Å²) in [4.78, 5) is 32.4. The topological polar surface area (TPSA) is 88.5 Å². The summed E-state index contributed by atoms with van der Waals surface area (Å²) in [5.74, 6) is 0. The van der Waals surface area contributed by atoms with Crippen molar-refractivity contribution in [2.75, 3.05) is 0 Å². The third-order valence-corrected chi connectivity index (χ3v) is 1.73. The Kier molecular flexibility index (Phi) is 60.8. The predicted octanol–water partition coefficient (Wildman–Crippen LogP) is 0.523. The molecule has 1 aliphatic rings. The van der Waals surface area contributed by atoms with Gasteiger partial charge in [-0.05, 0) is 0 Å². The zero-order valence-corrected chi connectivity index (χ0v) is 10.8. The Morgan fingerprint density at radius 3 is 1.60 bits per heavy atom. The molecule has 0 aliphatic heterocycles. The van der Waals surface area contributed by atoms with Crippen LogP contribution in [0.1, 0.15) is 6.42 Å². The van der Waals surface area contributed by atoms with Crippen molar-refractivity contribution < 1.29 is 43.5 Å². The minimum absolute atomic E-state index is 0.250. The van der Waals surface area contributed by atoms with Gasteiger partial charge >= 0.3 is 47.9 Å². The van der Waals surface area contributed by atoms with Crippen LogP contribution in [-0.4, -0.2) is 31.9 Å². The summed E-state index contributed by atoms with van der Waals surface area (Å²) in [5.41, 5.74) is 0. The molecule has 5 nitrogen and oxygen atoms in total. The second kappa shape index (κ2) is 38.9. The molecule has 0 atom stereocenters. The van der Waals surface area contributed by atoms with Crippen LogP contribution < -0.4 is 0 Å². The molecule has 0 amide bonds. The number of allylic oxidation sites excluding steroid dienone is 4. The van der Waals surface area contributed by atoms with E-state index in [-0.39, 0.29) is 6.47 Å². The van der Waals surface area contributed by atoms with Crippen LogP contribution in [0.4, 0.5) is 0 Å². The Balaban J connectivity index is -0.0000000585. The van der Waals surface area contributed by atoms with Crippen LogP contribution >= 0.6 is 0 Å². The molecule has 1 aliphatic carbocycles. The van der Waals surface area contributed by atoms with Gasteiger partial charge in [0.15, 0.2) is 0 Å². The van der Waals surface area contributed by atoms with Crippen LogP contribution in [0.15, 0.2) is 22.3 Å². The molecule has 0 aromatic carbocycles. The van der Waals surface area contributed by atoms with E-state index in [1.807, 2.05) is 20.4 Å². The van der Waals surface area contributed by atoms with Gasteiger partial charge in [-0.3, -0.25) is 4.79 Å². The summed E-state index contributed by atoms with van der Waals surface area (Å²) in [6, 6.07) is 0. The summed E-state index contributed by atoms with van der Waals surface area (Å²) in [5, 5.41) is 6.89. The van der Waals surface area contributed by atoms with Crippen molar-refractivity contribution in [3.05, 3.63) is 22.3 Å². The Labute approximate surface area is 99.3 Å². The van der Waals surface area contributed by atoms with Gasteiger partial charge in [-0.25, -0.2) is 0 Å². The first kappa shape index (κ1) is 23.4. The van der Waals surface area contributed by atoms with Gasteiger partial charge in [0.1, 0.15) is 20.4 Å². The average molecular weight is 387 g/mol. The SMILES string of the molecule is C=O.C=O.C=O.O=CO.[Re][C]1=CC=CC1. The first-order chi connectivity index (χ1) is 7.31. The maximum atomic E-state index is 8.36. The molecule has 1 rings (SSSR count). The van der Waals surface area contributed by atoms with E-state index in [2.05, 4.69) is 18.2 Å². The molecule has 0 saturated heterocycles. The fraction of sp³-hybridized carbons (Fsp3) is 0.111. The molecule has 0 fully saturated rings. The summed E-state index contributed by atoms with van der Waals surface area (Å²) in [6.07, 6.45) is 7.64. The predicted molar refractivity (Wildman–Crippen MR) is 51.9 cm³/mol. The Bertz CT molecular complexity index is 175. The number of hydrogen-bond acceptors (Lipinski definition) is 4. The van der Waals surface area contributed by atoms with Gasteiger partial charge in [0.05, 0.1) is 0 Å². The molecule has 0 radical (unpaired) electrons. The Morgan fingerprint density at radius 1 is 1.20 bits per heavy atom. The molecule has 0 saturated carbocycles. The van der Waals surface area contributed by atoms with Crippen molar-refractivity contribution in [3.63, 3.8) is 0 Å². The molecule has 15 heavy (non-hydrogen) atoms. The van der Waals surface area contributed by atoms with E-state index in [0.717, 1.165) is 0 Å². The number of carbonyl (C=O) groups excluding carboxylic acids is 3. The van der Waals surface area contributed by atoms with E-state index >= 15 is 0 Å².